The van der Waals surface area contributed by atoms with Gasteiger partial charge in [-0.3, -0.25) is 0 Å². The van der Waals surface area contributed by atoms with Gasteiger partial charge in [-0.1, -0.05) is 0 Å². The molecule has 0 radical (unpaired) electrons. The Balaban J connectivity index is 7.45. The van der Waals surface area contributed by atoms with Crippen molar-refractivity contribution in [3.8, 4) is 0 Å². The van der Waals surface area contributed by atoms with Crippen LogP contribution in [0.1, 0.15) is 0 Å². The molecule has 147 valence electrons. The second-order valence-electron chi connectivity index (χ2n) is 3.05. The van der Waals surface area contributed by atoms with Gasteiger partial charge in [0.25, 0.3) is 0 Å². The fraction of sp³-hybridized carbons (Fsp3) is 1.00. The zero-order valence-electron chi connectivity index (χ0n) is 9.88. The summed E-state index contributed by atoms with van der Waals surface area (Å²) in [5, 5.41) is -1.21. The van der Waals surface area contributed by atoms with Crippen molar-refractivity contribution >= 4 is 21.9 Å². The van der Waals surface area contributed by atoms with Gasteiger partial charge in [-0.15, -0.1) is 0 Å². The second kappa shape index (κ2) is 5.48. The van der Waals surface area contributed by atoms with Crippen LogP contribution in [0.2, 0.25) is 5.14 Å². The van der Waals surface area contributed by atoms with E-state index in [0.29, 0.717) is 0 Å². The monoisotopic (exact) mass is 521 g/mol. The molecule has 0 aromatic heterocycles. The predicted molar refractivity (Wildman–Crippen MR) is 50.8 cm³/mol. The van der Waals surface area contributed by atoms with Crippen molar-refractivity contribution in [1.29, 1.82) is 0 Å². The second-order valence-corrected chi connectivity index (χ2v) is 28.0. The Morgan fingerprint density at radius 1 is 0.522 bits per heavy atom. The van der Waals surface area contributed by atoms with Crippen LogP contribution in [0.3, 0.4) is 0 Å². The fourth-order valence-corrected chi connectivity index (χ4v) is 26.7. The molecule has 0 fully saturated rings. The molecule has 23 heavy (non-hydrogen) atoms. The molecule has 19 heteroatoms. The average Bonchev–Trinajstić information content (AvgIpc) is 2.22. The molecule has 0 saturated carbocycles. The number of halogens is 9. The molecule has 0 N–H and O–H groups in total. The van der Waals surface area contributed by atoms with Crippen LogP contribution < -0.4 is 0 Å². The van der Waals surface area contributed by atoms with Crippen molar-refractivity contribution < 1.29 is 77.9 Å². The van der Waals surface area contributed by atoms with E-state index in [0.717, 1.165) is 0 Å². The summed E-state index contributed by atoms with van der Waals surface area (Å²) in [5.74, 6) is 0. The topological polar surface area (TPSA) is 102 Å². The van der Waals surface area contributed by atoms with Gasteiger partial charge in [0.2, 0.25) is 0 Å². The molecule has 0 rings (SSSR count). The molecule has 0 heterocycles. The summed E-state index contributed by atoms with van der Waals surface area (Å²) in [4.78, 5) is 0. The molecule has 0 aromatic rings. The number of hydrogen-bond acceptors (Lipinski definition) is 6. The van der Waals surface area contributed by atoms with E-state index < -0.39 is 56.7 Å². The first-order valence-corrected chi connectivity index (χ1v) is 14.9. The standard InChI is InChI=1S/3CF3O2S.CH3.Ag/c3*2-1(3,4)7(5)6;;/h;;;1H3;. The summed E-state index contributed by atoms with van der Waals surface area (Å²) in [6.07, 6.45) is 0. The normalized spacial score (nSPS) is 17.1. The molecule has 0 aliphatic heterocycles. The molecule has 0 bridgehead atoms. The van der Waals surface area contributed by atoms with Gasteiger partial charge in [-0.2, -0.15) is 0 Å². The van der Waals surface area contributed by atoms with Crippen LogP contribution in [-0.4, -0.2) is 41.8 Å². The summed E-state index contributed by atoms with van der Waals surface area (Å²) in [7, 11) is -23.7. The van der Waals surface area contributed by atoms with E-state index in [4.69, 9.17) is 0 Å². The van der Waals surface area contributed by atoms with E-state index in [9.17, 15) is 64.8 Å². The van der Waals surface area contributed by atoms with E-state index in [2.05, 4.69) is 0 Å². The maximum absolute atomic E-state index is 12.3. The maximum atomic E-state index is 12.3. The van der Waals surface area contributed by atoms with Gasteiger partial charge in [-0.25, -0.2) is 0 Å². The molecule has 0 aromatic carbocycles. The molecule has 0 unspecified atom stereocenters. The van der Waals surface area contributed by atoms with Crippen molar-refractivity contribution in [3.63, 3.8) is 0 Å². The van der Waals surface area contributed by atoms with Crippen LogP contribution in [-0.2, 0) is 35.1 Å². The van der Waals surface area contributed by atoms with Gasteiger partial charge in [0.05, 0.1) is 0 Å². The molecular formula is C4H3AgF9O6S3. The van der Waals surface area contributed by atoms with Crippen LogP contribution in [0.4, 0.5) is 39.5 Å². The minimum absolute atomic E-state index is 1.21. The van der Waals surface area contributed by atoms with Gasteiger partial charge in [-0.05, 0) is 0 Å². The van der Waals surface area contributed by atoms with Crippen LogP contribution in [0.5, 0.6) is 0 Å². The summed E-state index contributed by atoms with van der Waals surface area (Å²) < 4.78 is 177. The average molecular weight is 522 g/mol. The van der Waals surface area contributed by atoms with Crippen molar-refractivity contribution in [2.24, 2.45) is 0 Å². The molecule has 0 saturated heterocycles. The van der Waals surface area contributed by atoms with Crippen molar-refractivity contribution in [2.75, 3.05) is 0 Å². The fourth-order valence-electron chi connectivity index (χ4n) is 0.642. The van der Waals surface area contributed by atoms with E-state index in [1.165, 1.54) is 0 Å². The molecule has 0 aliphatic rings. The first-order chi connectivity index (χ1) is 9.50. The Morgan fingerprint density at radius 2 is 0.652 bits per heavy atom. The van der Waals surface area contributed by atoms with E-state index in [1.54, 1.807) is 0 Å². The van der Waals surface area contributed by atoms with Crippen LogP contribution in [0, 0.1) is 0 Å². The molecule has 0 spiro atoms. The Labute approximate surface area is 121 Å². The zero-order chi connectivity index (χ0) is 19.5. The third-order valence-corrected chi connectivity index (χ3v) is 35.2. The minimum atomic E-state index is -8.31. The molecular weight excluding hydrogens is 519 g/mol. The molecule has 0 atom stereocenters. The Kier molecular flexibility index (Phi) is 5.47. The first kappa shape index (κ1) is 23.0. The SMILES string of the molecule is [CH3][Ag]([S](=O)(=O)C(F)(F)F)([S](=O)(=O)C(F)(F)F)[S](=O)(=O)C(F)(F)F. The number of rotatable bonds is 3. The quantitative estimate of drug-likeness (QED) is 0.414. The Bertz CT molecular complexity index is 674. The van der Waals surface area contributed by atoms with Gasteiger partial charge < -0.3 is 0 Å². The Morgan fingerprint density at radius 3 is 0.739 bits per heavy atom. The van der Waals surface area contributed by atoms with E-state index >= 15 is 0 Å². The third-order valence-electron chi connectivity index (χ3n) is 1.66. The van der Waals surface area contributed by atoms with Crippen LogP contribution in [0.15, 0.2) is 0 Å². The summed E-state index contributed by atoms with van der Waals surface area (Å²) in [5.41, 5.74) is -21.0. The molecule has 6 nitrogen and oxygen atoms in total. The Hall–Kier alpha value is -0.0397. The predicted octanol–water partition coefficient (Wildman–Crippen LogP) is 1.74. The number of hydrogen-bond donors (Lipinski definition) is 0. The van der Waals surface area contributed by atoms with Crippen molar-refractivity contribution in [3.05, 3.63) is 0 Å². The van der Waals surface area contributed by atoms with Crippen molar-refractivity contribution in [1.82, 2.24) is 0 Å². The van der Waals surface area contributed by atoms with Gasteiger partial charge in [0.15, 0.2) is 0 Å². The van der Waals surface area contributed by atoms with E-state index in [1.807, 2.05) is 0 Å². The summed E-state index contributed by atoms with van der Waals surface area (Å²) >= 11 is -8.31. The van der Waals surface area contributed by atoms with Crippen LogP contribution >= 0.6 is 0 Å². The zero-order valence-corrected chi connectivity index (χ0v) is 13.8. The van der Waals surface area contributed by atoms with Gasteiger partial charge in [0, 0.05) is 0 Å². The van der Waals surface area contributed by atoms with Crippen LogP contribution in [0.25, 0.3) is 0 Å². The summed E-state index contributed by atoms with van der Waals surface area (Å²) in [6.45, 7) is 0. The molecule has 0 aliphatic carbocycles. The van der Waals surface area contributed by atoms with Gasteiger partial charge in [0.1, 0.15) is 0 Å². The van der Waals surface area contributed by atoms with Gasteiger partial charge >= 0.3 is 121 Å². The third kappa shape index (κ3) is 3.00. The van der Waals surface area contributed by atoms with E-state index in [-0.39, 0.29) is 0 Å². The molecule has 0 amide bonds. The van der Waals surface area contributed by atoms with Crippen molar-refractivity contribution in [2.45, 2.75) is 21.7 Å². The number of alkyl halides is 9. The summed E-state index contributed by atoms with van der Waals surface area (Å²) in [6, 6.07) is 0. The first-order valence-electron chi connectivity index (χ1n) is 3.98.